The molecule has 0 aliphatic carbocycles. The first kappa shape index (κ1) is 11.9. The largest absolute Gasteiger partial charge is 0.328 e. The molecule has 2 nitrogen and oxygen atoms in total. The third-order valence-corrected chi connectivity index (χ3v) is 1.83. The summed E-state index contributed by atoms with van der Waals surface area (Å²) >= 11 is 0. The van der Waals surface area contributed by atoms with Crippen LogP contribution in [0.3, 0.4) is 0 Å². The lowest BCUT2D eigenvalue weighted by Crippen LogP contribution is -2.38. The predicted octanol–water partition coefficient (Wildman–Crippen LogP) is 1.89. The van der Waals surface area contributed by atoms with Crippen molar-refractivity contribution in [3.8, 4) is 0 Å². The van der Waals surface area contributed by atoms with Gasteiger partial charge in [0.25, 0.3) is 0 Å². The monoisotopic (exact) mass is 172 g/mol. The zero-order chi connectivity index (χ0) is 9.61. The van der Waals surface area contributed by atoms with E-state index in [2.05, 4.69) is 33.0 Å². The Kier molecular flexibility index (Phi) is 5.51. The summed E-state index contributed by atoms with van der Waals surface area (Å²) in [5.74, 6) is 0. The molecule has 74 valence electrons. The minimum atomic E-state index is 0.228. The van der Waals surface area contributed by atoms with Crippen LogP contribution < -0.4 is 11.1 Å². The highest BCUT2D eigenvalue weighted by Crippen LogP contribution is 2.01. The predicted molar refractivity (Wildman–Crippen MR) is 55.3 cm³/mol. The third kappa shape index (κ3) is 8.02. The van der Waals surface area contributed by atoms with Crippen LogP contribution in [0.1, 0.15) is 47.0 Å². The smallest absolute Gasteiger partial charge is 0.00965 e. The Morgan fingerprint density at radius 3 is 2.25 bits per heavy atom. The van der Waals surface area contributed by atoms with Crippen molar-refractivity contribution in [1.82, 2.24) is 5.32 Å². The van der Waals surface area contributed by atoms with Gasteiger partial charge in [0.15, 0.2) is 0 Å². The first-order chi connectivity index (χ1) is 5.45. The van der Waals surface area contributed by atoms with Gasteiger partial charge >= 0.3 is 0 Å². The summed E-state index contributed by atoms with van der Waals surface area (Å²) in [7, 11) is 0. The molecule has 1 atom stereocenters. The summed E-state index contributed by atoms with van der Waals surface area (Å²) in [5, 5.41) is 3.43. The number of hydrogen-bond donors (Lipinski definition) is 2. The van der Waals surface area contributed by atoms with Gasteiger partial charge in [-0.3, -0.25) is 0 Å². The Morgan fingerprint density at radius 1 is 1.25 bits per heavy atom. The average molecular weight is 172 g/mol. The van der Waals surface area contributed by atoms with Crippen molar-refractivity contribution in [2.24, 2.45) is 5.73 Å². The molecule has 0 aromatic carbocycles. The molecule has 0 radical (unpaired) electrons. The van der Waals surface area contributed by atoms with Crippen LogP contribution in [-0.2, 0) is 0 Å². The molecule has 0 aromatic rings. The first-order valence-corrected chi connectivity index (χ1v) is 4.96. The number of hydrogen-bond acceptors (Lipinski definition) is 2. The van der Waals surface area contributed by atoms with Crippen LogP contribution in [-0.4, -0.2) is 18.1 Å². The van der Waals surface area contributed by atoms with Gasteiger partial charge in [-0.2, -0.15) is 0 Å². The lowest BCUT2D eigenvalue weighted by atomic mass is 10.1. The number of nitrogens with two attached hydrogens (primary N) is 1. The summed E-state index contributed by atoms with van der Waals surface area (Å²) in [6.45, 7) is 9.75. The summed E-state index contributed by atoms with van der Waals surface area (Å²) in [6.07, 6.45) is 3.42. The molecular weight excluding hydrogens is 148 g/mol. The SMILES string of the molecule is CCCC(N)CCNC(C)(C)C. The van der Waals surface area contributed by atoms with E-state index in [0.29, 0.717) is 6.04 Å². The van der Waals surface area contributed by atoms with Crippen LogP contribution >= 0.6 is 0 Å². The summed E-state index contributed by atoms with van der Waals surface area (Å²) < 4.78 is 0. The normalized spacial score (nSPS) is 14.8. The molecule has 0 spiro atoms. The van der Waals surface area contributed by atoms with Crippen molar-refractivity contribution in [3.63, 3.8) is 0 Å². The van der Waals surface area contributed by atoms with Gasteiger partial charge in [-0.1, -0.05) is 13.3 Å². The van der Waals surface area contributed by atoms with Crippen LogP contribution in [0.4, 0.5) is 0 Å². The fraction of sp³-hybridized carbons (Fsp3) is 1.00. The molecule has 0 heterocycles. The maximum atomic E-state index is 5.87. The zero-order valence-electron chi connectivity index (χ0n) is 8.98. The highest BCUT2D eigenvalue weighted by atomic mass is 14.9. The van der Waals surface area contributed by atoms with Crippen molar-refractivity contribution in [2.75, 3.05) is 6.54 Å². The summed E-state index contributed by atoms with van der Waals surface area (Å²) in [4.78, 5) is 0. The second-order valence-electron chi connectivity index (χ2n) is 4.51. The van der Waals surface area contributed by atoms with Crippen molar-refractivity contribution < 1.29 is 0 Å². The number of rotatable bonds is 5. The quantitative estimate of drug-likeness (QED) is 0.664. The summed E-state index contributed by atoms with van der Waals surface area (Å²) in [5.41, 5.74) is 6.10. The lowest BCUT2D eigenvalue weighted by Gasteiger charge is -2.21. The fourth-order valence-corrected chi connectivity index (χ4v) is 1.15. The molecular formula is C10H24N2. The molecule has 0 saturated carbocycles. The van der Waals surface area contributed by atoms with Gasteiger partial charge in [-0.15, -0.1) is 0 Å². The molecule has 0 amide bonds. The third-order valence-electron chi connectivity index (χ3n) is 1.83. The van der Waals surface area contributed by atoms with Crippen LogP contribution in [0.2, 0.25) is 0 Å². The topological polar surface area (TPSA) is 38.0 Å². The van der Waals surface area contributed by atoms with E-state index in [0.717, 1.165) is 19.4 Å². The molecule has 0 saturated heterocycles. The van der Waals surface area contributed by atoms with Gasteiger partial charge in [0.05, 0.1) is 0 Å². The Labute approximate surface area is 76.9 Å². The van der Waals surface area contributed by atoms with Crippen LogP contribution in [0.25, 0.3) is 0 Å². The van der Waals surface area contributed by atoms with Crippen LogP contribution in [0.5, 0.6) is 0 Å². The Hall–Kier alpha value is -0.0800. The molecule has 12 heavy (non-hydrogen) atoms. The first-order valence-electron chi connectivity index (χ1n) is 4.96. The van der Waals surface area contributed by atoms with Gasteiger partial charge < -0.3 is 11.1 Å². The minimum Gasteiger partial charge on any atom is -0.328 e. The maximum absolute atomic E-state index is 5.87. The van der Waals surface area contributed by atoms with Crippen molar-refractivity contribution in [1.29, 1.82) is 0 Å². The molecule has 3 N–H and O–H groups in total. The molecule has 0 bridgehead atoms. The molecule has 1 unspecified atom stereocenters. The lowest BCUT2D eigenvalue weighted by molar-refractivity contribution is 0.405. The van der Waals surface area contributed by atoms with E-state index >= 15 is 0 Å². The molecule has 2 heteroatoms. The molecule has 0 aromatic heterocycles. The maximum Gasteiger partial charge on any atom is 0.00965 e. The fourth-order valence-electron chi connectivity index (χ4n) is 1.15. The van der Waals surface area contributed by atoms with E-state index < -0.39 is 0 Å². The Balaban J connectivity index is 3.31. The number of nitrogens with one attached hydrogen (secondary N) is 1. The van der Waals surface area contributed by atoms with Crippen LogP contribution in [0.15, 0.2) is 0 Å². The second kappa shape index (κ2) is 5.55. The highest BCUT2D eigenvalue weighted by molar-refractivity contribution is 4.71. The van der Waals surface area contributed by atoms with E-state index in [1.54, 1.807) is 0 Å². The van der Waals surface area contributed by atoms with E-state index in [9.17, 15) is 0 Å². The van der Waals surface area contributed by atoms with Crippen LogP contribution in [0, 0.1) is 0 Å². The van der Waals surface area contributed by atoms with Crippen molar-refractivity contribution in [3.05, 3.63) is 0 Å². The van der Waals surface area contributed by atoms with E-state index in [1.807, 2.05) is 0 Å². The van der Waals surface area contributed by atoms with E-state index in [4.69, 9.17) is 5.73 Å². The van der Waals surface area contributed by atoms with Gasteiger partial charge in [0, 0.05) is 11.6 Å². The molecule has 0 aliphatic rings. The standard InChI is InChI=1S/C10H24N2/c1-5-6-9(11)7-8-12-10(2,3)4/h9,12H,5-8,11H2,1-4H3. The minimum absolute atomic E-state index is 0.228. The van der Waals surface area contributed by atoms with Crippen molar-refractivity contribution >= 4 is 0 Å². The molecule has 0 fully saturated rings. The van der Waals surface area contributed by atoms with Crippen molar-refractivity contribution in [2.45, 2.75) is 58.5 Å². The second-order valence-corrected chi connectivity index (χ2v) is 4.51. The zero-order valence-corrected chi connectivity index (χ0v) is 8.98. The Morgan fingerprint density at radius 2 is 1.83 bits per heavy atom. The molecule has 0 rings (SSSR count). The van der Waals surface area contributed by atoms with E-state index in [1.165, 1.54) is 6.42 Å². The Bertz CT molecular complexity index is 105. The van der Waals surface area contributed by atoms with Gasteiger partial charge in [0.2, 0.25) is 0 Å². The average Bonchev–Trinajstić information content (AvgIpc) is 1.84. The van der Waals surface area contributed by atoms with E-state index in [-0.39, 0.29) is 5.54 Å². The molecule has 0 aliphatic heterocycles. The summed E-state index contributed by atoms with van der Waals surface area (Å²) in [6, 6.07) is 0.379. The van der Waals surface area contributed by atoms with Gasteiger partial charge in [-0.25, -0.2) is 0 Å². The highest BCUT2D eigenvalue weighted by Gasteiger charge is 2.08. The van der Waals surface area contributed by atoms with Gasteiger partial charge in [-0.05, 0) is 40.2 Å². The van der Waals surface area contributed by atoms with Gasteiger partial charge in [0.1, 0.15) is 0 Å².